The average Bonchev–Trinajstić information content (AvgIpc) is 2.59. The highest BCUT2D eigenvalue weighted by molar-refractivity contribution is 7.57. The minimum absolute atomic E-state index is 0.0663. The molecule has 0 amide bonds. The number of carbonyl (C=O) groups is 1. The molecule has 0 saturated carbocycles. The normalized spacial score (nSPS) is 11.7. The molecule has 0 aromatic heterocycles. The van der Waals surface area contributed by atoms with E-state index < -0.39 is 13.6 Å². The minimum atomic E-state index is -3.67. The number of rotatable bonds is 8. The van der Waals surface area contributed by atoms with Gasteiger partial charge >= 0.3 is 13.6 Å². The molecule has 2 aromatic carbocycles. The molecule has 0 aliphatic carbocycles. The molecule has 120 valence electrons. The molecule has 1 N–H and O–H groups in total. The van der Waals surface area contributed by atoms with Gasteiger partial charge in [0.2, 0.25) is 0 Å². The average molecular weight is 332 g/mol. The second-order valence-electron chi connectivity index (χ2n) is 4.71. The number of benzene rings is 2. The van der Waals surface area contributed by atoms with E-state index >= 15 is 0 Å². The summed E-state index contributed by atoms with van der Waals surface area (Å²) in [7, 11) is -3.67. The van der Waals surface area contributed by atoms with Crippen molar-refractivity contribution in [2.75, 3.05) is 0 Å². The van der Waals surface area contributed by atoms with Crippen molar-refractivity contribution in [2.24, 2.45) is 0 Å². The summed E-state index contributed by atoms with van der Waals surface area (Å²) in [4.78, 5) is 10.7. The fraction of sp³-hybridized carbons (Fsp3) is 0.118. The van der Waals surface area contributed by atoms with Crippen LogP contribution in [-0.4, -0.2) is 11.1 Å². The van der Waals surface area contributed by atoms with Gasteiger partial charge in [-0.2, -0.15) is 0 Å². The molecule has 0 aliphatic rings. The van der Waals surface area contributed by atoms with Crippen LogP contribution in [0.2, 0.25) is 0 Å². The van der Waals surface area contributed by atoms with Gasteiger partial charge in [-0.15, -0.1) is 0 Å². The van der Waals surface area contributed by atoms with Gasteiger partial charge in [0.25, 0.3) is 0 Å². The van der Waals surface area contributed by atoms with E-state index in [4.69, 9.17) is 14.2 Å². The summed E-state index contributed by atoms with van der Waals surface area (Å²) in [5, 5.41) is 8.73. The highest BCUT2D eigenvalue weighted by Crippen LogP contribution is 2.51. The quantitative estimate of drug-likeness (QED) is 0.579. The second-order valence-corrected chi connectivity index (χ2v) is 6.61. The highest BCUT2D eigenvalue weighted by Gasteiger charge is 2.21. The van der Waals surface area contributed by atoms with Crippen LogP contribution >= 0.6 is 7.60 Å². The van der Waals surface area contributed by atoms with Gasteiger partial charge in [-0.25, -0.2) is 4.79 Å². The molecule has 0 fully saturated rings. The number of hydrogen-bond donors (Lipinski definition) is 1. The third-order valence-electron chi connectivity index (χ3n) is 2.91. The Morgan fingerprint density at radius 3 is 1.74 bits per heavy atom. The van der Waals surface area contributed by atoms with Gasteiger partial charge in [-0.1, -0.05) is 60.7 Å². The number of aliphatic carboxylic acids is 1. The summed E-state index contributed by atoms with van der Waals surface area (Å²) < 4.78 is 23.4. The van der Waals surface area contributed by atoms with E-state index in [-0.39, 0.29) is 13.2 Å². The molecule has 2 aromatic rings. The van der Waals surface area contributed by atoms with E-state index in [2.05, 4.69) is 0 Å². The van der Waals surface area contributed by atoms with Crippen LogP contribution in [0.4, 0.5) is 0 Å². The Morgan fingerprint density at radius 1 is 0.913 bits per heavy atom. The van der Waals surface area contributed by atoms with Crippen molar-refractivity contribution in [1.82, 2.24) is 0 Å². The van der Waals surface area contributed by atoms with Crippen molar-refractivity contribution in [3.63, 3.8) is 0 Å². The highest BCUT2D eigenvalue weighted by atomic mass is 31.2. The van der Waals surface area contributed by atoms with Gasteiger partial charge in [0, 0.05) is 11.9 Å². The molecule has 0 heterocycles. The molecule has 5 nitrogen and oxygen atoms in total. The van der Waals surface area contributed by atoms with Crippen LogP contribution in [0.5, 0.6) is 0 Å². The van der Waals surface area contributed by atoms with Crippen molar-refractivity contribution in [1.29, 1.82) is 0 Å². The van der Waals surface area contributed by atoms with E-state index in [1.54, 1.807) is 0 Å². The van der Waals surface area contributed by atoms with Crippen LogP contribution in [0.1, 0.15) is 11.1 Å². The first-order valence-corrected chi connectivity index (χ1v) is 8.57. The lowest BCUT2D eigenvalue weighted by atomic mass is 10.2. The predicted octanol–water partition coefficient (Wildman–Crippen LogP) is 4.21. The molecular formula is C17H17O5P. The molecule has 0 aliphatic heterocycles. The first-order chi connectivity index (χ1) is 11.1. The largest absolute Gasteiger partial charge is 0.478 e. The Morgan fingerprint density at radius 2 is 1.35 bits per heavy atom. The van der Waals surface area contributed by atoms with Gasteiger partial charge in [-0.05, 0) is 11.1 Å². The molecule has 0 saturated heterocycles. The monoisotopic (exact) mass is 332 g/mol. The van der Waals surface area contributed by atoms with Gasteiger partial charge < -0.3 is 14.2 Å². The minimum Gasteiger partial charge on any atom is -0.478 e. The van der Waals surface area contributed by atoms with Crippen molar-refractivity contribution < 1.29 is 23.5 Å². The molecule has 0 radical (unpaired) electrons. The van der Waals surface area contributed by atoms with E-state index in [0.29, 0.717) is 0 Å². The molecule has 6 heteroatoms. The maximum absolute atomic E-state index is 12.7. The molecule has 0 unspecified atom stereocenters. The van der Waals surface area contributed by atoms with Crippen LogP contribution in [0, 0.1) is 0 Å². The van der Waals surface area contributed by atoms with Gasteiger partial charge in [0.05, 0.1) is 13.2 Å². The summed E-state index contributed by atoms with van der Waals surface area (Å²) in [6.45, 7) is 0.133. The predicted molar refractivity (Wildman–Crippen MR) is 86.8 cm³/mol. The second kappa shape index (κ2) is 8.44. The first kappa shape index (κ1) is 17.2. The zero-order valence-corrected chi connectivity index (χ0v) is 13.3. The Kier molecular flexibility index (Phi) is 6.29. The molecular weight excluding hydrogens is 315 g/mol. The standard InChI is InChI=1S/C17H17O5P/c18-17(19)11-12-23(20,21-13-15-7-3-1-4-8-15)22-14-16-9-5-2-6-10-16/h1-12H,13-14H2,(H,18,19). The van der Waals surface area contributed by atoms with E-state index in [1.807, 2.05) is 60.7 Å². The lowest BCUT2D eigenvalue weighted by Crippen LogP contribution is -1.97. The van der Waals surface area contributed by atoms with E-state index in [0.717, 1.165) is 23.0 Å². The van der Waals surface area contributed by atoms with Crippen LogP contribution in [0.25, 0.3) is 0 Å². The van der Waals surface area contributed by atoms with E-state index in [9.17, 15) is 9.36 Å². The van der Waals surface area contributed by atoms with Crippen LogP contribution < -0.4 is 0 Å². The Labute approximate surface area is 134 Å². The summed E-state index contributed by atoms with van der Waals surface area (Å²) >= 11 is 0. The fourth-order valence-electron chi connectivity index (χ4n) is 1.76. The number of hydrogen-bond acceptors (Lipinski definition) is 4. The van der Waals surface area contributed by atoms with Crippen molar-refractivity contribution in [3.8, 4) is 0 Å². The Bertz CT molecular complexity index is 650. The summed E-state index contributed by atoms with van der Waals surface area (Å²) in [5.74, 6) is -0.238. The third-order valence-corrected chi connectivity index (χ3v) is 4.40. The third kappa shape index (κ3) is 6.20. The maximum atomic E-state index is 12.7. The summed E-state index contributed by atoms with van der Waals surface area (Å²) in [5.41, 5.74) is 1.64. The summed E-state index contributed by atoms with van der Waals surface area (Å²) in [6, 6.07) is 18.3. The Balaban J connectivity index is 2.05. The molecule has 0 spiro atoms. The fourth-order valence-corrected chi connectivity index (χ4v) is 2.97. The van der Waals surface area contributed by atoms with Crippen LogP contribution in [0.15, 0.2) is 72.6 Å². The topological polar surface area (TPSA) is 72.8 Å². The lowest BCUT2D eigenvalue weighted by Gasteiger charge is -2.15. The van der Waals surface area contributed by atoms with Crippen LogP contribution in [-0.2, 0) is 31.6 Å². The number of carboxylic acid groups (broad SMARTS) is 1. The number of carboxylic acids is 1. The van der Waals surface area contributed by atoms with E-state index in [1.165, 1.54) is 0 Å². The SMILES string of the molecule is O=C(O)C=CP(=O)(OCc1ccccc1)OCc1ccccc1. The van der Waals surface area contributed by atoms with Crippen molar-refractivity contribution in [3.05, 3.63) is 83.7 Å². The molecule has 23 heavy (non-hydrogen) atoms. The van der Waals surface area contributed by atoms with Crippen molar-refractivity contribution in [2.45, 2.75) is 13.2 Å². The van der Waals surface area contributed by atoms with Crippen molar-refractivity contribution >= 4 is 13.6 Å². The van der Waals surface area contributed by atoms with Gasteiger partial charge in [0.15, 0.2) is 0 Å². The molecule has 0 atom stereocenters. The smallest absolute Gasteiger partial charge is 0.355 e. The first-order valence-electron chi connectivity index (χ1n) is 6.96. The zero-order valence-electron chi connectivity index (χ0n) is 12.4. The van der Waals surface area contributed by atoms with Gasteiger partial charge in [-0.3, -0.25) is 4.57 Å². The molecule has 2 rings (SSSR count). The molecule has 0 bridgehead atoms. The summed E-state index contributed by atoms with van der Waals surface area (Å²) in [6.07, 6.45) is 0.775. The maximum Gasteiger partial charge on any atom is 0.355 e. The Hall–Kier alpha value is -2.20. The zero-order chi connectivity index (χ0) is 16.5. The van der Waals surface area contributed by atoms with Crippen LogP contribution in [0.3, 0.4) is 0 Å². The lowest BCUT2D eigenvalue weighted by molar-refractivity contribution is -0.131. The van der Waals surface area contributed by atoms with Gasteiger partial charge in [0.1, 0.15) is 0 Å².